The fourth-order valence-electron chi connectivity index (χ4n) is 1.67. The molecule has 1 aliphatic rings. The number of furan rings is 1. The van der Waals surface area contributed by atoms with Crippen LogP contribution in [-0.4, -0.2) is 36.6 Å². The van der Waals surface area contributed by atoms with Crippen LogP contribution in [0.3, 0.4) is 0 Å². The number of carbonyl (C=O) groups is 1. The average molecular weight is 235 g/mol. The number of nitriles is 1. The lowest BCUT2D eigenvalue weighted by atomic mass is 10.2. The monoisotopic (exact) mass is 235 g/mol. The summed E-state index contributed by atoms with van der Waals surface area (Å²) < 4.78 is 10.4. The summed E-state index contributed by atoms with van der Waals surface area (Å²) in [5.74, 6) is 0.593. The van der Waals surface area contributed by atoms with Crippen molar-refractivity contribution in [2.24, 2.45) is 5.73 Å². The number of hydrogen-bond donors (Lipinski definition) is 1. The van der Waals surface area contributed by atoms with Crippen molar-refractivity contribution in [1.29, 1.82) is 5.26 Å². The van der Waals surface area contributed by atoms with E-state index in [-0.39, 0.29) is 24.8 Å². The summed E-state index contributed by atoms with van der Waals surface area (Å²) in [5, 5.41) is 8.75. The fourth-order valence-corrected chi connectivity index (χ4v) is 1.67. The minimum absolute atomic E-state index is 0.228. The molecule has 1 unspecified atom stereocenters. The van der Waals surface area contributed by atoms with E-state index in [2.05, 4.69) is 0 Å². The van der Waals surface area contributed by atoms with Crippen molar-refractivity contribution in [2.75, 3.05) is 19.7 Å². The molecule has 17 heavy (non-hydrogen) atoms. The zero-order valence-corrected chi connectivity index (χ0v) is 9.26. The third-order valence-electron chi connectivity index (χ3n) is 2.57. The number of rotatable bonds is 2. The van der Waals surface area contributed by atoms with Crippen LogP contribution < -0.4 is 5.73 Å². The van der Waals surface area contributed by atoms with E-state index in [0.717, 1.165) is 0 Å². The number of morpholine rings is 1. The van der Waals surface area contributed by atoms with E-state index in [0.29, 0.717) is 18.9 Å². The summed E-state index contributed by atoms with van der Waals surface area (Å²) in [7, 11) is 0. The molecular weight excluding hydrogens is 222 g/mol. The first-order valence-electron chi connectivity index (χ1n) is 5.34. The molecule has 0 bridgehead atoms. The average Bonchev–Trinajstić information content (AvgIpc) is 2.86. The van der Waals surface area contributed by atoms with Gasteiger partial charge in [0.25, 0.3) is 5.91 Å². The molecule has 0 aliphatic carbocycles. The standard InChI is InChI=1S/C11H13N3O3/c12-5-8-1-2-10(17-8)11(15)14-3-4-16-9(6-13)7-14/h1-2,9H,3-5,7,12H2. The molecule has 1 amide bonds. The predicted octanol–water partition coefficient (Wildman–Crippen LogP) is 0.103. The molecule has 0 spiro atoms. The van der Waals surface area contributed by atoms with Crippen molar-refractivity contribution >= 4 is 5.91 Å². The summed E-state index contributed by atoms with van der Waals surface area (Å²) >= 11 is 0. The third-order valence-corrected chi connectivity index (χ3v) is 2.57. The lowest BCUT2D eigenvalue weighted by Gasteiger charge is -2.28. The Bertz CT molecular complexity index is 449. The van der Waals surface area contributed by atoms with Gasteiger partial charge in [0.15, 0.2) is 11.9 Å². The Morgan fingerprint density at radius 3 is 3.12 bits per heavy atom. The van der Waals surface area contributed by atoms with Crippen molar-refractivity contribution in [3.05, 3.63) is 23.7 Å². The molecule has 0 saturated carbocycles. The number of nitrogens with zero attached hydrogens (tertiary/aromatic N) is 2. The van der Waals surface area contributed by atoms with Crippen LogP contribution in [0.4, 0.5) is 0 Å². The highest BCUT2D eigenvalue weighted by molar-refractivity contribution is 5.91. The third kappa shape index (κ3) is 2.46. The van der Waals surface area contributed by atoms with Crippen LogP contribution >= 0.6 is 0 Å². The van der Waals surface area contributed by atoms with Gasteiger partial charge >= 0.3 is 0 Å². The number of carbonyl (C=O) groups excluding carboxylic acids is 1. The van der Waals surface area contributed by atoms with E-state index in [1.165, 1.54) is 0 Å². The zero-order valence-electron chi connectivity index (χ0n) is 9.26. The fraction of sp³-hybridized carbons (Fsp3) is 0.455. The molecule has 2 heterocycles. The molecule has 90 valence electrons. The van der Waals surface area contributed by atoms with Crippen molar-refractivity contribution < 1.29 is 13.9 Å². The number of hydrogen-bond acceptors (Lipinski definition) is 5. The van der Waals surface area contributed by atoms with E-state index in [1.54, 1.807) is 17.0 Å². The molecule has 0 aromatic carbocycles. The van der Waals surface area contributed by atoms with Gasteiger partial charge in [-0.05, 0) is 12.1 Å². The first-order valence-corrected chi connectivity index (χ1v) is 5.34. The molecule has 2 N–H and O–H groups in total. The highest BCUT2D eigenvalue weighted by Gasteiger charge is 2.26. The highest BCUT2D eigenvalue weighted by atomic mass is 16.5. The van der Waals surface area contributed by atoms with Gasteiger partial charge in [-0.15, -0.1) is 0 Å². The van der Waals surface area contributed by atoms with Gasteiger partial charge < -0.3 is 19.8 Å². The van der Waals surface area contributed by atoms with E-state index in [4.69, 9.17) is 20.1 Å². The number of ether oxygens (including phenoxy) is 1. The Balaban J connectivity index is 2.07. The summed E-state index contributed by atoms with van der Waals surface area (Å²) in [4.78, 5) is 13.6. The van der Waals surface area contributed by atoms with Crippen molar-refractivity contribution in [3.8, 4) is 6.07 Å². The number of amides is 1. The van der Waals surface area contributed by atoms with Gasteiger partial charge in [0.1, 0.15) is 5.76 Å². The first-order chi connectivity index (χ1) is 8.24. The van der Waals surface area contributed by atoms with Crippen molar-refractivity contribution in [3.63, 3.8) is 0 Å². The SMILES string of the molecule is N#CC1CN(C(=O)c2ccc(CN)o2)CCO1. The molecule has 1 aromatic rings. The number of nitrogens with two attached hydrogens (primary N) is 1. The summed E-state index contributed by atoms with van der Waals surface area (Å²) in [6.07, 6.45) is -0.559. The molecule has 6 nitrogen and oxygen atoms in total. The molecule has 1 aromatic heterocycles. The van der Waals surface area contributed by atoms with Crippen LogP contribution in [0.25, 0.3) is 0 Å². The Hall–Kier alpha value is -1.84. The van der Waals surface area contributed by atoms with Gasteiger partial charge in [-0.3, -0.25) is 4.79 Å². The van der Waals surface area contributed by atoms with E-state index >= 15 is 0 Å². The van der Waals surface area contributed by atoms with Crippen LogP contribution in [0, 0.1) is 11.3 Å². The van der Waals surface area contributed by atoms with Gasteiger partial charge in [-0.1, -0.05) is 0 Å². The molecular formula is C11H13N3O3. The predicted molar refractivity (Wildman–Crippen MR) is 57.9 cm³/mol. The van der Waals surface area contributed by atoms with Gasteiger partial charge in [0, 0.05) is 6.54 Å². The molecule has 1 atom stereocenters. The normalized spacial score (nSPS) is 20.0. The Morgan fingerprint density at radius 2 is 2.47 bits per heavy atom. The van der Waals surface area contributed by atoms with Crippen LogP contribution in [0.5, 0.6) is 0 Å². The van der Waals surface area contributed by atoms with Crippen LogP contribution in [0.1, 0.15) is 16.3 Å². The molecule has 6 heteroatoms. The van der Waals surface area contributed by atoms with E-state index < -0.39 is 6.10 Å². The summed E-state index contributed by atoms with van der Waals surface area (Å²) in [6, 6.07) is 5.26. The highest BCUT2D eigenvalue weighted by Crippen LogP contribution is 2.13. The topological polar surface area (TPSA) is 92.5 Å². The molecule has 1 saturated heterocycles. The lowest BCUT2D eigenvalue weighted by Crippen LogP contribution is -2.45. The second-order valence-electron chi connectivity index (χ2n) is 3.71. The van der Waals surface area contributed by atoms with Crippen LogP contribution in [0.15, 0.2) is 16.5 Å². The second-order valence-corrected chi connectivity index (χ2v) is 3.71. The lowest BCUT2D eigenvalue weighted by molar-refractivity contribution is 0.00205. The van der Waals surface area contributed by atoms with Gasteiger partial charge in [-0.2, -0.15) is 5.26 Å². The van der Waals surface area contributed by atoms with Gasteiger partial charge in [0.2, 0.25) is 0 Å². The van der Waals surface area contributed by atoms with Crippen molar-refractivity contribution in [2.45, 2.75) is 12.6 Å². The van der Waals surface area contributed by atoms with Gasteiger partial charge in [-0.25, -0.2) is 0 Å². The maximum absolute atomic E-state index is 12.0. The van der Waals surface area contributed by atoms with Crippen molar-refractivity contribution in [1.82, 2.24) is 4.90 Å². The van der Waals surface area contributed by atoms with Gasteiger partial charge in [0.05, 0.1) is 25.8 Å². The minimum Gasteiger partial charge on any atom is -0.455 e. The Kier molecular flexibility index (Phi) is 3.42. The Morgan fingerprint density at radius 1 is 1.65 bits per heavy atom. The molecule has 2 rings (SSSR count). The first kappa shape index (κ1) is 11.6. The van der Waals surface area contributed by atoms with E-state index in [1.807, 2.05) is 6.07 Å². The van der Waals surface area contributed by atoms with Crippen LogP contribution in [0.2, 0.25) is 0 Å². The molecule has 1 aliphatic heterocycles. The van der Waals surface area contributed by atoms with E-state index in [9.17, 15) is 4.79 Å². The smallest absolute Gasteiger partial charge is 0.289 e. The summed E-state index contributed by atoms with van der Waals surface area (Å²) in [6.45, 7) is 1.37. The molecule has 1 fully saturated rings. The maximum Gasteiger partial charge on any atom is 0.289 e. The molecule has 0 radical (unpaired) electrons. The Labute approximate surface area is 98.5 Å². The largest absolute Gasteiger partial charge is 0.455 e. The minimum atomic E-state index is -0.559. The quantitative estimate of drug-likeness (QED) is 0.785. The van der Waals surface area contributed by atoms with Crippen LogP contribution in [-0.2, 0) is 11.3 Å². The summed E-state index contributed by atoms with van der Waals surface area (Å²) in [5.41, 5.74) is 5.40. The second kappa shape index (κ2) is 4.99. The maximum atomic E-state index is 12.0. The zero-order chi connectivity index (χ0) is 12.3.